The summed E-state index contributed by atoms with van der Waals surface area (Å²) in [5, 5.41) is 8.11. The molecule has 0 radical (unpaired) electrons. The maximum atomic E-state index is 9.86. The van der Waals surface area contributed by atoms with Crippen molar-refractivity contribution in [2.45, 2.75) is 13.8 Å². The van der Waals surface area contributed by atoms with Crippen molar-refractivity contribution in [3.05, 3.63) is 11.6 Å². The number of carboxylic acids is 1. The van der Waals surface area contributed by atoms with E-state index in [-0.39, 0.29) is 42.0 Å². The topological polar surface area (TPSA) is 37.3 Å². The van der Waals surface area contributed by atoms with E-state index in [1.54, 1.807) is 19.9 Å². The van der Waals surface area contributed by atoms with E-state index in [4.69, 9.17) is 5.11 Å². The van der Waals surface area contributed by atoms with Gasteiger partial charge in [0, 0.05) is 5.57 Å². The monoisotopic (exact) mass is 160 g/mol. The van der Waals surface area contributed by atoms with Crippen LogP contribution in [0.4, 0.5) is 0 Å². The summed E-state index contributed by atoms with van der Waals surface area (Å²) in [5.74, 6) is -0.845. The number of aliphatic carboxylic acids is 1. The molecule has 0 aliphatic carbocycles. The van der Waals surface area contributed by atoms with Gasteiger partial charge < -0.3 is 5.11 Å². The van der Waals surface area contributed by atoms with Gasteiger partial charge in [0.25, 0.3) is 0 Å². The number of carbonyl (C=O) groups is 1. The second-order valence-electron chi connectivity index (χ2n) is 1.28. The van der Waals surface area contributed by atoms with Gasteiger partial charge >= 0.3 is 35.5 Å². The Morgan fingerprint density at radius 2 is 1.89 bits per heavy atom. The predicted molar refractivity (Wildman–Crippen MR) is 41.5 cm³/mol. The number of halogens is 1. The van der Waals surface area contributed by atoms with Gasteiger partial charge in [-0.25, -0.2) is 4.79 Å². The first-order valence-corrected chi connectivity index (χ1v) is 2.04. The normalized spacial score (nSPS) is 8.89. The van der Waals surface area contributed by atoms with Crippen LogP contribution < -0.4 is 0 Å². The molecular formula is C5H10ClNaO2. The second-order valence-corrected chi connectivity index (χ2v) is 1.28. The number of hydrogen-bond donors (Lipinski definition) is 1. The van der Waals surface area contributed by atoms with E-state index in [0.29, 0.717) is 5.57 Å². The van der Waals surface area contributed by atoms with Crippen molar-refractivity contribution >= 4 is 47.9 Å². The Kier molecular flexibility index (Phi) is 15.3. The van der Waals surface area contributed by atoms with Gasteiger partial charge in [0.15, 0.2) is 0 Å². The molecule has 0 spiro atoms. The third-order valence-electron chi connectivity index (χ3n) is 0.770. The van der Waals surface area contributed by atoms with Gasteiger partial charge in [-0.2, -0.15) is 0 Å². The quantitative estimate of drug-likeness (QED) is 0.455. The van der Waals surface area contributed by atoms with Crippen LogP contribution >= 0.6 is 12.4 Å². The van der Waals surface area contributed by atoms with Gasteiger partial charge in [-0.05, 0) is 13.8 Å². The van der Waals surface area contributed by atoms with Crippen LogP contribution in [0.1, 0.15) is 13.8 Å². The molecule has 0 saturated carbocycles. The molecule has 0 fully saturated rings. The molecule has 0 aromatic carbocycles. The molecule has 0 heterocycles. The summed E-state index contributed by atoms with van der Waals surface area (Å²) in [6.45, 7) is 3.26. The predicted octanol–water partition coefficient (Wildman–Crippen LogP) is 0.810. The van der Waals surface area contributed by atoms with Gasteiger partial charge in [-0.15, -0.1) is 12.4 Å². The van der Waals surface area contributed by atoms with Crippen molar-refractivity contribution in [3.8, 4) is 0 Å². The van der Waals surface area contributed by atoms with Crippen LogP contribution in [-0.2, 0) is 4.79 Å². The van der Waals surface area contributed by atoms with E-state index < -0.39 is 5.97 Å². The summed E-state index contributed by atoms with van der Waals surface area (Å²) in [4.78, 5) is 9.86. The number of hydrogen-bond acceptors (Lipinski definition) is 1. The van der Waals surface area contributed by atoms with Gasteiger partial charge in [0.05, 0.1) is 0 Å². The molecule has 4 heteroatoms. The van der Waals surface area contributed by atoms with Crippen molar-refractivity contribution < 1.29 is 9.90 Å². The summed E-state index contributed by atoms with van der Waals surface area (Å²) in [5.41, 5.74) is 0.389. The Balaban J connectivity index is -0.000000180. The maximum absolute atomic E-state index is 9.86. The molecule has 2 nitrogen and oxygen atoms in total. The molecule has 0 unspecified atom stereocenters. The molecule has 0 amide bonds. The van der Waals surface area contributed by atoms with Crippen LogP contribution in [0.2, 0.25) is 0 Å². The number of rotatable bonds is 1. The molecular weight excluding hydrogens is 150 g/mol. The summed E-state index contributed by atoms with van der Waals surface area (Å²) in [6, 6.07) is 0. The van der Waals surface area contributed by atoms with Crippen LogP contribution in [0, 0.1) is 0 Å². The van der Waals surface area contributed by atoms with Gasteiger partial charge in [-0.3, -0.25) is 0 Å². The number of allylic oxidation sites excluding steroid dienone is 1. The summed E-state index contributed by atoms with van der Waals surface area (Å²) in [7, 11) is 0. The zero-order valence-electron chi connectivity index (χ0n) is 4.84. The fourth-order valence-corrected chi connectivity index (χ4v) is 0.123. The average molecular weight is 161 g/mol. The first-order chi connectivity index (χ1) is 3.18. The van der Waals surface area contributed by atoms with Gasteiger partial charge in [0.1, 0.15) is 0 Å². The van der Waals surface area contributed by atoms with Crippen LogP contribution in [0.15, 0.2) is 11.6 Å². The Labute approximate surface area is 83.0 Å². The van der Waals surface area contributed by atoms with Crippen LogP contribution in [0.25, 0.3) is 0 Å². The standard InChI is InChI=1S/C5H8O2.ClH.Na.H/c1-3-4(2)5(6)7;;;/h3H,1-2H3,(H,6,7);1H;;. The van der Waals surface area contributed by atoms with Crippen molar-refractivity contribution in [1.29, 1.82) is 0 Å². The summed E-state index contributed by atoms with van der Waals surface area (Å²) >= 11 is 0. The van der Waals surface area contributed by atoms with Crippen LogP contribution in [0.5, 0.6) is 0 Å². The van der Waals surface area contributed by atoms with E-state index in [1.165, 1.54) is 0 Å². The molecule has 9 heavy (non-hydrogen) atoms. The Morgan fingerprint density at radius 1 is 1.56 bits per heavy atom. The van der Waals surface area contributed by atoms with Crippen molar-refractivity contribution in [1.82, 2.24) is 0 Å². The Bertz CT molecular complexity index is 112. The van der Waals surface area contributed by atoms with E-state index in [1.807, 2.05) is 0 Å². The zero-order chi connectivity index (χ0) is 5.86. The first-order valence-electron chi connectivity index (χ1n) is 2.04. The van der Waals surface area contributed by atoms with Crippen LogP contribution in [-0.4, -0.2) is 40.6 Å². The van der Waals surface area contributed by atoms with E-state index >= 15 is 0 Å². The molecule has 0 saturated heterocycles. The Morgan fingerprint density at radius 3 is 1.89 bits per heavy atom. The van der Waals surface area contributed by atoms with Crippen molar-refractivity contribution in [2.75, 3.05) is 0 Å². The molecule has 0 atom stereocenters. The van der Waals surface area contributed by atoms with Gasteiger partial charge in [-0.1, -0.05) is 6.08 Å². The molecule has 0 aromatic heterocycles. The Hall–Kier alpha value is 0.500. The van der Waals surface area contributed by atoms with E-state index in [0.717, 1.165) is 0 Å². The summed E-state index contributed by atoms with van der Waals surface area (Å²) < 4.78 is 0. The molecule has 0 aliphatic heterocycles. The van der Waals surface area contributed by atoms with E-state index in [2.05, 4.69) is 0 Å². The molecule has 0 aliphatic rings. The minimum absolute atomic E-state index is 0. The van der Waals surface area contributed by atoms with Crippen molar-refractivity contribution in [3.63, 3.8) is 0 Å². The summed E-state index contributed by atoms with van der Waals surface area (Å²) in [6.07, 6.45) is 1.56. The fraction of sp³-hybridized carbons (Fsp3) is 0.400. The third-order valence-corrected chi connectivity index (χ3v) is 0.770. The minimum atomic E-state index is -0.845. The molecule has 0 aromatic rings. The number of carboxylic acid groups (broad SMARTS) is 1. The fourth-order valence-electron chi connectivity index (χ4n) is 0.123. The second kappa shape index (κ2) is 8.50. The molecule has 50 valence electrons. The SMILES string of the molecule is CC=C(C)C(=O)O.Cl.[NaH]. The van der Waals surface area contributed by atoms with Crippen molar-refractivity contribution in [2.24, 2.45) is 0 Å². The molecule has 0 rings (SSSR count). The molecule has 1 N–H and O–H groups in total. The molecule has 0 bridgehead atoms. The first kappa shape index (κ1) is 16.2. The van der Waals surface area contributed by atoms with E-state index in [9.17, 15) is 4.79 Å². The van der Waals surface area contributed by atoms with Gasteiger partial charge in [0.2, 0.25) is 0 Å². The third kappa shape index (κ3) is 8.50. The average Bonchev–Trinajstić information content (AvgIpc) is 1.65. The zero-order valence-corrected chi connectivity index (χ0v) is 5.66. The van der Waals surface area contributed by atoms with Crippen LogP contribution in [0.3, 0.4) is 0 Å².